The molecule has 1 aliphatic heterocycles. The number of rotatable bonds is 9. The summed E-state index contributed by atoms with van der Waals surface area (Å²) in [7, 11) is 6.17. The van der Waals surface area contributed by atoms with Crippen LogP contribution in [0.15, 0.2) is 36.7 Å². The topological polar surface area (TPSA) is 124 Å². The Morgan fingerprint density at radius 3 is 1.97 bits per heavy atom. The van der Waals surface area contributed by atoms with Gasteiger partial charge < -0.3 is 33.6 Å². The predicted molar refractivity (Wildman–Crippen MR) is 138 cm³/mol. The predicted octanol–water partition coefficient (Wildman–Crippen LogP) is 3.11. The lowest BCUT2D eigenvalue weighted by Gasteiger charge is -2.10. The summed E-state index contributed by atoms with van der Waals surface area (Å²) < 4.78 is 23.8. The molecule has 0 radical (unpaired) electrons. The van der Waals surface area contributed by atoms with Crippen LogP contribution in [0.25, 0.3) is 33.0 Å². The highest BCUT2D eigenvalue weighted by Crippen LogP contribution is 2.43. The van der Waals surface area contributed by atoms with Crippen molar-refractivity contribution in [2.45, 2.75) is 13.0 Å². The van der Waals surface area contributed by atoms with E-state index in [0.717, 1.165) is 11.0 Å². The average molecular weight is 506 g/mol. The van der Waals surface area contributed by atoms with Crippen LogP contribution in [0.3, 0.4) is 0 Å². The van der Waals surface area contributed by atoms with Crippen LogP contribution in [0.4, 0.5) is 0 Å². The molecule has 0 aliphatic carbocycles. The number of nitrogens with one attached hydrogen (secondary N) is 2. The first-order valence-corrected chi connectivity index (χ1v) is 11.6. The zero-order valence-corrected chi connectivity index (χ0v) is 20.9. The summed E-state index contributed by atoms with van der Waals surface area (Å²) in [6.45, 7) is 0.514. The quantitative estimate of drug-likeness (QED) is 0.299. The Balaban J connectivity index is 1.80. The van der Waals surface area contributed by atoms with Crippen LogP contribution in [0.5, 0.6) is 23.0 Å². The molecule has 0 spiro atoms. The normalized spacial score (nSPS) is 13.5. The number of aliphatic hydroxyl groups excluding tert-OH is 1. The number of hydrogen-bond donors (Lipinski definition) is 3. The number of benzene rings is 2. The fraction of sp³-hybridized carbons (Fsp3) is 0.259. The van der Waals surface area contributed by atoms with Gasteiger partial charge in [0.1, 0.15) is 0 Å². The van der Waals surface area contributed by atoms with Gasteiger partial charge in [-0.3, -0.25) is 14.9 Å². The molecule has 192 valence electrons. The summed E-state index contributed by atoms with van der Waals surface area (Å²) in [5.74, 6) is 1.08. The number of imide groups is 1. The second kappa shape index (κ2) is 9.55. The molecule has 10 nitrogen and oxygen atoms in total. The van der Waals surface area contributed by atoms with Crippen molar-refractivity contribution in [2.24, 2.45) is 0 Å². The number of methoxy groups -OCH3 is 4. The molecule has 3 heterocycles. The number of aromatic amines is 1. The number of aryl methyl sites for hydroxylation is 1. The molecule has 0 saturated carbocycles. The van der Waals surface area contributed by atoms with Crippen LogP contribution in [0.1, 0.15) is 17.5 Å². The Morgan fingerprint density at radius 1 is 0.784 bits per heavy atom. The molecule has 37 heavy (non-hydrogen) atoms. The number of aliphatic hydroxyl groups is 1. The van der Waals surface area contributed by atoms with E-state index in [0.29, 0.717) is 57.9 Å². The molecular weight excluding hydrogens is 478 g/mol. The summed E-state index contributed by atoms with van der Waals surface area (Å²) >= 11 is 0. The van der Waals surface area contributed by atoms with Crippen molar-refractivity contribution in [1.82, 2.24) is 14.9 Å². The van der Waals surface area contributed by atoms with Gasteiger partial charge in [0.25, 0.3) is 11.8 Å². The SMILES string of the molecule is COc1cc2[nH]cc(C3=C(c4cn(CCCO)c5cc(OC)c(OC)cc45)C(=O)NC3=O)c2cc1OC. The zero-order chi connectivity index (χ0) is 26.3. The standard InChI is InChI=1S/C27H27N3O7/c1-34-20-8-14-16(12-28-18(14)10-22(20)36-3)24-25(27(33)29-26(24)32)17-13-30(6-5-7-31)19-11-23(37-4)21(35-2)9-15(17)19/h8-13,28,31H,5-7H2,1-4H3,(H,29,32,33). The highest BCUT2D eigenvalue weighted by molar-refractivity contribution is 6.50. The Kier molecular flexibility index (Phi) is 6.26. The van der Waals surface area contributed by atoms with Crippen molar-refractivity contribution in [2.75, 3.05) is 35.0 Å². The van der Waals surface area contributed by atoms with E-state index >= 15 is 0 Å². The van der Waals surface area contributed by atoms with Gasteiger partial charge in [0.15, 0.2) is 23.0 Å². The molecule has 0 fully saturated rings. The summed E-state index contributed by atoms with van der Waals surface area (Å²) in [5.41, 5.74) is 3.14. The van der Waals surface area contributed by atoms with Gasteiger partial charge in [0.05, 0.1) is 45.1 Å². The third-order valence-electron chi connectivity index (χ3n) is 6.60. The minimum absolute atomic E-state index is 0.00977. The zero-order valence-electron chi connectivity index (χ0n) is 20.9. The van der Waals surface area contributed by atoms with Crippen LogP contribution in [0.2, 0.25) is 0 Å². The van der Waals surface area contributed by atoms with Crippen LogP contribution < -0.4 is 24.3 Å². The van der Waals surface area contributed by atoms with E-state index in [9.17, 15) is 14.7 Å². The lowest BCUT2D eigenvalue weighted by molar-refractivity contribution is -0.122. The minimum atomic E-state index is -0.495. The Hall–Kier alpha value is -4.44. The highest BCUT2D eigenvalue weighted by Gasteiger charge is 2.35. The number of ether oxygens (including phenoxy) is 4. The molecule has 5 rings (SSSR count). The molecule has 3 N–H and O–H groups in total. The van der Waals surface area contributed by atoms with Crippen LogP contribution in [0, 0.1) is 0 Å². The highest BCUT2D eigenvalue weighted by atomic mass is 16.5. The van der Waals surface area contributed by atoms with Gasteiger partial charge in [-0.05, 0) is 18.6 Å². The van der Waals surface area contributed by atoms with Gasteiger partial charge in [-0.1, -0.05) is 0 Å². The summed E-state index contributed by atoms with van der Waals surface area (Å²) in [5, 5.41) is 13.3. The maximum atomic E-state index is 13.2. The van der Waals surface area contributed by atoms with Crippen molar-refractivity contribution in [3.05, 3.63) is 47.8 Å². The van der Waals surface area contributed by atoms with Crippen molar-refractivity contribution in [3.8, 4) is 23.0 Å². The van der Waals surface area contributed by atoms with Crippen molar-refractivity contribution < 1.29 is 33.6 Å². The number of carbonyl (C=O) groups is 2. The smallest absolute Gasteiger partial charge is 0.259 e. The average Bonchev–Trinajstić information content (AvgIpc) is 3.56. The molecule has 0 atom stereocenters. The Bertz CT molecular complexity index is 1580. The number of nitrogens with zero attached hydrogens (tertiary/aromatic N) is 1. The van der Waals surface area contributed by atoms with Gasteiger partial charge in [-0.25, -0.2) is 0 Å². The molecule has 10 heteroatoms. The third-order valence-corrected chi connectivity index (χ3v) is 6.60. The number of amides is 2. The fourth-order valence-corrected chi connectivity index (χ4v) is 4.87. The van der Waals surface area contributed by atoms with Crippen molar-refractivity contribution in [3.63, 3.8) is 0 Å². The summed E-state index contributed by atoms with van der Waals surface area (Å²) in [4.78, 5) is 29.6. The van der Waals surface area contributed by atoms with Crippen LogP contribution in [-0.2, 0) is 16.1 Å². The molecule has 1 aliphatic rings. The van der Waals surface area contributed by atoms with Gasteiger partial charge in [0.2, 0.25) is 0 Å². The molecule has 2 aromatic carbocycles. The molecule has 0 unspecified atom stereocenters. The van der Waals surface area contributed by atoms with Gasteiger partial charge in [-0.15, -0.1) is 0 Å². The molecular formula is C27H27N3O7. The van der Waals surface area contributed by atoms with Crippen LogP contribution in [-0.4, -0.2) is 61.5 Å². The Labute approximate surface area is 212 Å². The summed E-state index contributed by atoms with van der Waals surface area (Å²) in [6, 6.07) is 7.18. The van der Waals surface area contributed by atoms with Gasteiger partial charge in [-0.2, -0.15) is 0 Å². The van der Waals surface area contributed by atoms with E-state index in [2.05, 4.69) is 10.3 Å². The van der Waals surface area contributed by atoms with Crippen molar-refractivity contribution in [1.29, 1.82) is 0 Å². The number of carbonyl (C=O) groups excluding carboxylic acids is 2. The first kappa shape index (κ1) is 24.3. The van der Waals surface area contributed by atoms with E-state index in [4.69, 9.17) is 18.9 Å². The maximum Gasteiger partial charge on any atom is 0.259 e. The van der Waals surface area contributed by atoms with Crippen LogP contribution >= 0.6 is 0 Å². The van der Waals surface area contributed by atoms with E-state index in [1.807, 2.05) is 16.8 Å². The largest absolute Gasteiger partial charge is 0.493 e. The molecule has 0 bridgehead atoms. The molecule has 2 amide bonds. The number of aromatic nitrogens is 2. The van der Waals surface area contributed by atoms with Gasteiger partial charge >= 0.3 is 0 Å². The lowest BCUT2D eigenvalue weighted by Crippen LogP contribution is -2.22. The number of hydrogen-bond acceptors (Lipinski definition) is 7. The number of fused-ring (bicyclic) bond motifs is 2. The summed E-state index contributed by atoms with van der Waals surface area (Å²) in [6.07, 6.45) is 4.04. The number of H-pyrrole nitrogens is 1. The van der Waals surface area contributed by atoms with E-state index in [1.165, 1.54) is 14.2 Å². The Morgan fingerprint density at radius 2 is 1.35 bits per heavy atom. The lowest BCUT2D eigenvalue weighted by atomic mass is 9.95. The first-order valence-electron chi connectivity index (χ1n) is 11.6. The molecule has 2 aromatic heterocycles. The second-order valence-corrected chi connectivity index (χ2v) is 8.53. The second-order valence-electron chi connectivity index (χ2n) is 8.53. The fourth-order valence-electron chi connectivity index (χ4n) is 4.87. The van der Waals surface area contributed by atoms with Crippen molar-refractivity contribution >= 4 is 44.8 Å². The maximum absolute atomic E-state index is 13.2. The molecule has 0 saturated heterocycles. The van der Waals surface area contributed by atoms with Gasteiger partial charge in [0, 0.05) is 65.1 Å². The van der Waals surface area contributed by atoms with E-state index < -0.39 is 11.8 Å². The van der Waals surface area contributed by atoms with E-state index in [1.54, 1.807) is 38.6 Å². The monoisotopic (exact) mass is 505 g/mol. The minimum Gasteiger partial charge on any atom is -0.493 e. The van der Waals surface area contributed by atoms with E-state index in [-0.39, 0.29) is 17.8 Å². The molecule has 4 aromatic rings. The first-order chi connectivity index (χ1) is 17.9. The third kappa shape index (κ3) is 3.86.